The Morgan fingerprint density at radius 1 is 1.22 bits per heavy atom. The van der Waals surface area contributed by atoms with Crippen LogP contribution < -0.4 is 16.2 Å². The molecule has 1 aromatic carbocycles. The average molecular weight is 330 g/mol. The molecule has 0 bridgehead atoms. The molecular weight excluding hydrogens is 315 g/mol. The minimum absolute atomic E-state index is 0.0374. The number of nitrogens with one attached hydrogen (secondary N) is 1. The topological polar surface area (TPSA) is 98.5 Å². The molecule has 0 radical (unpaired) electrons. The molecule has 126 valence electrons. The second kappa shape index (κ2) is 6.35. The molecule has 0 saturated carbocycles. The van der Waals surface area contributed by atoms with Crippen LogP contribution in [-0.4, -0.2) is 30.0 Å². The maximum absolute atomic E-state index is 12.7. The molecule has 0 atom stereocenters. The number of nitrogens with zero attached hydrogens (tertiary/aromatic N) is 1. The Labute approximate surface area is 130 Å². The fourth-order valence-corrected chi connectivity index (χ4v) is 2.46. The molecule has 0 aromatic heterocycles. The normalized spacial score (nSPS) is 16.2. The Hall–Kier alpha value is -2.45. The van der Waals surface area contributed by atoms with Gasteiger partial charge in [0.2, 0.25) is 5.91 Å². The minimum atomic E-state index is -4.56. The Kier molecular flexibility index (Phi) is 4.67. The van der Waals surface area contributed by atoms with Crippen molar-refractivity contribution < 1.29 is 27.9 Å². The van der Waals surface area contributed by atoms with E-state index in [1.165, 1.54) is 6.07 Å². The molecule has 2 rings (SSSR count). The fraction of sp³-hybridized carbons (Fsp3) is 0.429. The lowest BCUT2D eigenvalue weighted by Gasteiger charge is -2.33. The summed E-state index contributed by atoms with van der Waals surface area (Å²) in [6.45, 7) is 0.316. The molecule has 1 heterocycles. The third kappa shape index (κ3) is 4.27. The number of carbonyl (C=O) groups excluding carboxylic acids is 2. The van der Waals surface area contributed by atoms with Crippen molar-refractivity contribution in [1.29, 1.82) is 0 Å². The van der Waals surface area contributed by atoms with E-state index in [2.05, 4.69) is 5.32 Å². The highest BCUT2D eigenvalue weighted by atomic mass is 19.4. The van der Waals surface area contributed by atoms with Gasteiger partial charge in [0.1, 0.15) is 6.09 Å². The number of likely N-dealkylation sites (tertiary alicyclic amines) is 1. The molecule has 3 N–H and O–H groups in total. The van der Waals surface area contributed by atoms with Gasteiger partial charge >= 0.3 is 6.18 Å². The van der Waals surface area contributed by atoms with Crippen molar-refractivity contribution in [3.63, 3.8) is 0 Å². The molecule has 1 saturated heterocycles. The van der Waals surface area contributed by atoms with E-state index in [9.17, 15) is 27.9 Å². The summed E-state index contributed by atoms with van der Waals surface area (Å²) >= 11 is 0. The van der Waals surface area contributed by atoms with Crippen LogP contribution in [0, 0.1) is 5.92 Å². The van der Waals surface area contributed by atoms with Crippen molar-refractivity contribution in [2.24, 2.45) is 5.92 Å². The highest BCUT2D eigenvalue weighted by molar-refractivity contribution is 5.93. The number of alkyl halides is 3. The van der Waals surface area contributed by atoms with Gasteiger partial charge in [-0.3, -0.25) is 4.79 Å². The molecule has 9 heteroatoms. The number of rotatable bonds is 2. The quantitative estimate of drug-likeness (QED) is 0.798. The van der Waals surface area contributed by atoms with Gasteiger partial charge < -0.3 is 25.9 Å². The summed E-state index contributed by atoms with van der Waals surface area (Å²) in [6.07, 6.45) is -5.29. The molecule has 23 heavy (non-hydrogen) atoms. The van der Waals surface area contributed by atoms with Crippen LogP contribution in [0.1, 0.15) is 18.4 Å². The summed E-state index contributed by atoms with van der Waals surface area (Å²) in [6, 6.07) is 2.84. The molecule has 6 nitrogen and oxygen atoms in total. The van der Waals surface area contributed by atoms with Crippen LogP contribution in [0.2, 0.25) is 0 Å². The lowest BCUT2D eigenvalue weighted by molar-refractivity contribution is -0.266. The van der Waals surface area contributed by atoms with E-state index in [1.54, 1.807) is 0 Å². The maximum atomic E-state index is 12.7. The van der Waals surface area contributed by atoms with Crippen LogP contribution in [0.3, 0.4) is 0 Å². The molecule has 1 aliphatic rings. The van der Waals surface area contributed by atoms with Crippen LogP contribution in [0.4, 0.5) is 29.3 Å². The van der Waals surface area contributed by atoms with Crippen LogP contribution in [-0.2, 0) is 11.0 Å². The van der Waals surface area contributed by atoms with Gasteiger partial charge in [-0.1, -0.05) is 0 Å². The average Bonchev–Trinajstić information content (AvgIpc) is 2.45. The first-order valence-electron chi connectivity index (χ1n) is 6.91. The van der Waals surface area contributed by atoms with E-state index >= 15 is 0 Å². The molecule has 1 fully saturated rings. The lowest BCUT2D eigenvalue weighted by Crippen LogP contribution is -2.47. The van der Waals surface area contributed by atoms with Gasteiger partial charge in [0.05, 0.1) is 5.56 Å². The van der Waals surface area contributed by atoms with E-state index in [1.807, 2.05) is 0 Å². The molecule has 1 aromatic rings. The number of hydrogen-bond acceptors (Lipinski definition) is 4. The highest BCUT2D eigenvalue weighted by Crippen LogP contribution is 2.33. The van der Waals surface area contributed by atoms with Crippen LogP contribution in [0.15, 0.2) is 18.2 Å². The van der Waals surface area contributed by atoms with Crippen molar-refractivity contribution >= 4 is 23.4 Å². The van der Waals surface area contributed by atoms with E-state index in [0.29, 0.717) is 0 Å². The molecular formula is C14H15F3N3O3-. The van der Waals surface area contributed by atoms with Crippen LogP contribution >= 0.6 is 0 Å². The minimum Gasteiger partial charge on any atom is -0.530 e. The van der Waals surface area contributed by atoms with Gasteiger partial charge in [0, 0.05) is 30.4 Å². The number of benzene rings is 1. The third-order valence-electron chi connectivity index (χ3n) is 3.67. The van der Waals surface area contributed by atoms with Crippen LogP contribution in [0.25, 0.3) is 0 Å². The monoisotopic (exact) mass is 330 g/mol. The van der Waals surface area contributed by atoms with Crippen LogP contribution in [0.5, 0.6) is 0 Å². The largest absolute Gasteiger partial charge is 0.530 e. The third-order valence-corrected chi connectivity index (χ3v) is 3.67. The van der Waals surface area contributed by atoms with E-state index < -0.39 is 29.7 Å². The zero-order valence-corrected chi connectivity index (χ0v) is 12.0. The SMILES string of the molecule is Nc1cc(NC(=O)C2CCN(C(=O)[O-])CC2)cc(C(F)(F)F)c1. The van der Waals surface area contributed by atoms with Gasteiger partial charge in [-0.15, -0.1) is 0 Å². The standard InChI is InChI=1S/C14H16F3N3O3/c15-14(16,17)9-5-10(18)7-11(6-9)19-12(21)8-1-3-20(4-2-8)13(22)23/h5-8H,1-4,18H2,(H,19,21)(H,22,23)/p-1. The second-order valence-electron chi connectivity index (χ2n) is 5.36. The predicted octanol–water partition coefficient (Wildman–Crippen LogP) is 1.28. The number of carboxylic acid groups (broad SMARTS) is 1. The van der Waals surface area contributed by atoms with Crippen molar-refractivity contribution in [2.75, 3.05) is 24.1 Å². The molecule has 0 unspecified atom stereocenters. The van der Waals surface area contributed by atoms with E-state index in [-0.39, 0.29) is 37.3 Å². The van der Waals surface area contributed by atoms with Crippen molar-refractivity contribution in [1.82, 2.24) is 4.90 Å². The summed E-state index contributed by atoms with van der Waals surface area (Å²) < 4.78 is 38.2. The molecule has 1 aliphatic heterocycles. The zero-order chi connectivity index (χ0) is 17.2. The Bertz CT molecular complexity index is 611. The first kappa shape index (κ1) is 16.9. The molecule has 2 amide bonds. The summed E-state index contributed by atoms with van der Waals surface area (Å²) in [5, 5.41) is 13.1. The zero-order valence-electron chi connectivity index (χ0n) is 12.0. The first-order valence-corrected chi connectivity index (χ1v) is 6.91. The van der Waals surface area contributed by atoms with Gasteiger partial charge in [-0.25, -0.2) is 0 Å². The fourth-order valence-electron chi connectivity index (χ4n) is 2.46. The number of hydrogen-bond donors (Lipinski definition) is 2. The molecule has 0 aliphatic carbocycles. The summed E-state index contributed by atoms with van der Waals surface area (Å²) in [5.41, 5.74) is 4.34. The number of nitrogens with two attached hydrogens (primary N) is 1. The second-order valence-corrected chi connectivity index (χ2v) is 5.36. The smallest absolute Gasteiger partial charge is 0.416 e. The summed E-state index contributed by atoms with van der Waals surface area (Å²) in [4.78, 5) is 23.9. The number of anilines is 2. The molecule has 0 spiro atoms. The van der Waals surface area contributed by atoms with Gasteiger partial charge in [-0.2, -0.15) is 13.2 Å². The number of nitrogen functional groups attached to an aromatic ring is 1. The number of halogens is 3. The van der Waals surface area contributed by atoms with E-state index in [4.69, 9.17) is 5.73 Å². The van der Waals surface area contributed by atoms with Crippen molar-refractivity contribution in [3.8, 4) is 0 Å². The Morgan fingerprint density at radius 3 is 2.35 bits per heavy atom. The number of piperidine rings is 1. The number of amides is 2. The highest BCUT2D eigenvalue weighted by Gasteiger charge is 2.31. The Morgan fingerprint density at radius 2 is 1.83 bits per heavy atom. The van der Waals surface area contributed by atoms with Crippen molar-refractivity contribution in [3.05, 3.63) is 23.8 Å². The van der Waals surface area contributed by atoms with E-state index in [0.717, 1.165) is 17.0 Å². The number of carbonyl (C=O) groups is 2. The van der Waals surface area contributed by atoms with Crippen molar-refractivity contribution in [2.45, 2.75) is 19.0 Å². The first-order chi connectivity index (χ1) is 10.7. The van der Waals surface area contributed by atoms with Gasteiger partial charge in [-0.05, 0) is 31.0 Å². The lowest BCUT2D eigenvalue weighted by atomic mass is 9.96. The summed E-state index contributed by atoms with van der Waals surface area (Å²) in [5.74, 6) is -0.928. The summed E-state index contributed by atoms with van der Waals surface area (Å²) in [7, 11) is 0. The van der Waals surface area contributed by atoms with Gasteiger partial charge in [0.15, 0.2) is 0 Å². The maximum Gasteiger partial charge on any atom is 0.416 e. The predicted molar refractivity (Wildman–Crippen MR) is 74.2 cm³/mol. The van der Waals surface area contributed by atoms with Gasteiger partial charge in [0.25, 0.3) is 0 Å². The Balaban J connectivity index is 2.04.